The summed E-state index contributed by atoms with van der Waals surface area (Å²) in [6.07, 6.45) is 1.27. The highest BCUT2D eigenvalue weighted by atomic mass is 16.5. The molecule has 0 saturated carbocycles. The number of nitrogens with zero attached hydrogens (tertiary/aromatic N) is 1. The lowest BCUT2D eigenvalue weighted by Crippen LogP contribution is -2.29. The number of hydrogen-bond acceptors (Lipinski definition) is 3. The van der Waals surface area contributed by atoms with E-state index in [1.54, 1.807) is 7.11 Å². The maximum Gasteiger partial charge on any atom is 0.0710 e. The Hall–Kier alpha value is -0.120. The molecule has 2 atom stereocenters. The van der Waals surface area contributed by atoms with Gasteiger partial charge in [0, 0.05) is 26.7 Å². The first kappa shape index (κ1) is 8.97. The summed E-state index contributed by atoms with van der Waals surface area (Å²) in [5.74, 6) is 0. The van der Waals surface area contributed by atoms with Crippen LogP contribution in [0, 0.1) is 0 Å². The minimum Gasteiger partial charge on any atom is -0.392 e. The first-order valence-corrected chi connectivity index (χ1v) is 4.15. The molecular formula is C8H17NO2. The summed E-state index contributed by atoms with van der Waals surface area (Å²) in [5, 5.41) is 9.09. The predicted molar refractivity (Wildman–Crippen MR) is 43.5 cm³/mol. The number of aliphatic hydroxyl groups is 1. The van der Waals surface area contributed by atoms with Gasteiger partial charge in [0.2, 0.25) is 0 Å². The van der Waals surface area contributed by atoms with Crippen molar-refractivity contribution >= 4 is 0 Å². The molecule has 1 fully saturated rings. The van der Waals surface area contributed by atoms with E-state index in [2.05, 4.69) is 4.90 Å². The van der Waals surface area contributed by atoms with Crippen LogP contribution in [-0.4, -0.2) is 49.0 Å². The molecule has 0 aliphatic carbocycles. The van der Waals surface area contributed by atoms with Crippen LogP contribution in [-0.2, 0) is 4.74 Å². The van der Waals surface area contributed by atoms with Gasteiger partial charge >= 0.3 is 0 Å². The Balaban J connectivity index is 2.19. The van der Waals surface area contributed by atoms with Gasteiger partial charge in [-0.1, -0.05) is 0 Å². The zero-order valence-electron chi connectivity index (χ0n) is 7.29. The van der Waals surface area contributed by atoms with Gasteiger partial charge in [-0.3, -0.25) is 4.90 Å². The highest BCUT2D eigenvalue weighted by Crippen LogP contribution is 2.11. The molecule has 0 radical (unpaired) electrons. The maximum atomic E-state index is 9.09. The van der Waals surface area contributed by atoms with Gasteiger partial charge < -0.3 is 9.84 Å². The van der Waals surface area contributed by atoms with Crippen LogP contribution in [0.2, 0.25) is 0 Å². The quantitative estimate of drug-likeness (QED) is 0.633. The molecule has 0 unspecified atom stereocenters. The predicted octanol–water partition coefficient (Wildman–Crippen LogP) is 0.0879. The van der Waals surface area contributed by atoms with Crippen LogP contribution in [0.3, 0.4) is 0 Å². The molecule has 66 valence electrons. The van der Waals surface area contributed by atoms with Crippen LogP contribution in [0.4, 0.5) is 0 Å². The second kappa shape index (κ2) is 4.04. The summed E-state index contributed by atoms with van der Waals surface area (Å²) in [6, 6.07) is 0. The molecule has 0 aromatic rings. The molecule has 3 nitrogen and oxygen atoms in total. The van der Waals surface area contributed by atoms with E-state index in [9.17, 15) is 0 Å². The van der Waals surface area contributed by atoms with Crippen LogP contribution >= 0.6 is 0 Å². The minimum absolute atomic E-state index is 0.217. The van der Waals surface area contributed by atoms with Crippen LogP contribution in [0.25, 0.3) is 0 Å². The topological polar surface area (TPSA) is 32.7 Å². The Morgan fingerprint density at radius 2 is 2.45 bits per heavy atom. The number of methoxy groups -OCH3 is 1. The number of ether oxygens (including phenoxy) is 1. The van der Waals surface area contributed by atoms with Crippen molar-refractivity contribution in [2.75, 3.05) is 26.7 Å². The van der Waals surface area contributed by atoms with Crippen molar-refractivity contribution in [3.05, 3.63) is 0 Å². The Morgan fingerprint density at radius 3 is 2.91 bits per heavy atom. The van der Waals surface area contributed by atoms with Crippen molar-refractivity contribution < 1.29 is 9.84 Å². The standard InChI is InChI=1S/C8H17NO2/c1-7(10)5-9-4-3-8(6-9)11-2/h7-8,10H,3-6H2,1-2H3/t7-,8-/m1/s1. The van der Waals surface area contributed by atoms with Gasteiger partial charge in [0.25, 0.3) is 0 Å². The molecule has 1 heterocycles. The molecule has 1 saturated heterocycles. The molecule has 1 N–H and O–H groups in total. The number of likely N-dealkylation sites (tertiary alicyclic amines) is 1. The Bertz CT molecular complexity index is 117. The summed E-state index contributed by atoms with van der Waals surface area (Å²) >= 11 is 0. The van der Waals surface area contributed by atoms with Crippen LogP contribution < -0.4 is 0 Å². The van der Waals surface area contributed by atoms with E-state index < -0.39 is 0 Å². The number of rotatable bonds is 3. The van der Waals surface area contributed by atoms with Gasteiger partial charge in [-0.15, -0.1) is 0 Å². The number of β-amino-alcohol motifs (C(OH)–C–C–N with tert-alkyl or cyclic N) is 1. The molecular weight excluding hydrogens is 142 g/mol. The first-order chi connectivity index (χ1) is 5.22. The van der Waals surface area contributed by atoms with E-state index in [0.29, 0.717) is 6.10 Å². The smallest absolute Gasteiger partial charge is 0.0710 e. The normalized spacial score (nSPS) is 29.2. The third-order valence-electron chi connectivity index (χ3n) is 2.08. The zero-order valence-corrected chi connectivity index (χ0v) is 7.29. The van der Waals surface area contributed by atoms with E-state index in [1.807, 2.05) is 6.92 Å². The molecule has 1 aliphatic heterocycles. The summed E-state index contributed by atoms with van der Waals surface area (Å²) in [5.41, 5.74) is 0. The van der Waals surface area contributed by atoms with E-state index in [4.69, 9.17) is 9.84 Å². The molecule has 3 heteroatoms. The molecule has 11 heavy (non-hydrogen) atoms. The van der Waals surface area contributed by atoms with Crippen LogP contribution in [0.1, 0.15) is 13.3 Å². The fraction of sp³-hybridized carbons (Fsp3) is 1.00. The maximum absolute atomic E-state index is 9.09. The van der Waals surface area contributed by atoms with E-state index in [-0.39, 0.29) is 6.10 Å². The first-order valence-electron chi connectivity index (χ1n) is 4.15. The lowest BCUT2D eigenvalue weighted by molar-refractivity contribution is 0.0945. The number of aliphatic hydroxyl groups excluding tert-OH is 1. The molecule has 0 bridgehead atoms. The largest absolute Gasteiger partial charge is 0.392 e. The minimum atomic E-state index is -0.217. The van der Waals surface area contributed by atoms with Crippen molar-refractivity contribution in [3.63, 3.8) is 0 Å². The van der Waals surface area contributed by atoms with Gasteiger partial charge in [0.05, 0.1) is 12.2 Å². The molecule has 1 rings (SSSR count). The molecule has 0 aromatic carbocycles. The van der Waals surface area contributed by atoms with Gasteiger partial charge in [-0.2, -0.15) is 0 Å². The third kappa shape index (κ3) is 2.77. The van der Waals surface area contributed by atoms with Gasteiger partial charge in [0.1, 0.15) is 0 Å². The van der Waals surface area contributed by atoms with E-state index in [1.165, 1.54) is 0 Å². The van der Waals surface area contributed by atoms with Gasteiger partial charge in [0.15, 0.2) is 0 Å². The zero-order chi connectivity index (χ0) is 8.27. The second-order valence-electron chi connectivity index (χ2n) is 3.25. The molecule has 0 aromatic heterocycles. The Kier molecular flexibility index (Phi) is 3.30. The van der Waals surface area contributed by atoms with Crippen molar-refractivity contribution in [2.24, 2.45) is 0 Å². The molecule has 1 aliphatic rings. The second-order valence-corrected chi connectivity index (χ2v) is 3.25. The third-order valence-corrected chi connectivity index (χ3v) is 2.08. The summed E-state index contributed by atoms with van der Waals surface area (Å²) < 4.78 is 5.20. The van der Waals surface area contributed by atoms with Crippen molar-refractivity contribution in [2.45, 2.75) is 25.6 Å². The van der Waals surface area contributed by atoms with Crippen molar-refractivity contribution in [1.82, 2.24) is 4.90 Å². The summed E-state index contributed by atoms with van der Waals surface area (Å²) in [7, 11) is 1.75. The van der Waals surface area contributed by atoms with Crippen molar-refractivity contribution in [1.29, 1.82) is 0 Å². The number of hydrogen-bond donors (Lipinski definition) is 1. The fourth-order valence-corrected chi connectivity index (χ4v) is 1.53. The molecule has 0 spiro atoms. The average Bonchev–Trinajstić information content (AvgIpc) is 2.34. The van der Waals surface area contributed by atoms with E-state index in [0.717, 1.165) is 26.1 Å². The van der Waals surface area contributed by atoms with Gasteiger partial charge in [-0.05, 0) is 13.3 Å². The van der Waals surface area contributed by atoms with Crippen LogP contribution in [0.15, 0.2) is 0 Å². The lowest BCUT2D eigenvalue weighted by atomic mass is 10.3. The highest BCUT2D eigenvalue weighted by molar-refractivity contribution is 4.76. The Morgan fingerprint density at radius 1 is 1.73 bits per heavy atom. The van der Waals surface area contributed by atoms with Crippen molar-refractivity contribution in [3.8, 4) is 0 Å². The fourth-order valence-electron chi connectivity index (χ4n) is 1.53. The lowest BCUT2D eigenvalue weighted by Gasteiger charge is -2.16. The van der Waals surface area contributed by atoms with E-state index >= 15 is 0 Å². The summed E-state index contributed by atoms with van der Waals surface area (Å²) in [4.78, 5) is 2.23. The average molecular weight is 159 g/mol. The highest BCUT2D eigenvalue weighted by Gasteiger charge is 2.22. The summed E-state index contributed by atoms with van der Waals surface area (Å²) in [6.45, 7) is 4.63. The van der Waals surface area contributed by atoms with Gasteiger partial charge in [-0.25, -0.2) is 0 Å². The monoisotopic (exact) mass is 159 g/mol. The SMILES string of the molecule is CO[C@@H]1CCN(C[C@@H](C)O)C1. The molecule has 0 amide bonds. The Labute approximate surface area is 68.0 Å². The van der Waals surface area contributed by atoms with Crippen LogP contribution in [0.5, 0.6) is 0 Å².